The monoisotopic (exact) mass is 512 g/mol. The van der Waals surface area contributed by atoms with E-state index in [9.17, 15) is 9.90 Å². The van der Waals surface area contributed by atoms with Crippen LogP contribution in [0, 0.1) is 6.92 Å². The van der Waals surface area contributed by atoms with E-state index >= 15 is 0 Å². The van der Waals surface area contributed by atoms with Crippen molar-refractivity contribution in [2.45, 2.75) is 44.4 Å². The molecule has 1 fully saturated rings. The summed E-state index contributed by atoms with van der Waals surface area (Å²) in [6, 6.07) is 10.3. The van der Waals surface area contributed by atoms with Gasteiger partial charge in [0.1, 0.15) is 11.4 Å². The molecule has 0 amide bonds. The minimum Gasteiger partial charge on any atom is -0.505 e. The molecule has 5 rings (SSSR count). The predicted octanol–water partition coefficient (Wildman–Crippen LogP) is 5.86. The van der Waals surface area contributed by atoms with Gasteiger partial charge in [-0.25, -0.2) is 4.68 Å². The summed E-state index contributed by atoms with van der Waals surface area (Å²) in [4.78, 5) is 13.0. The Morgan fingerprint density at radius 2 is 1.94 bits per heavy atom. The van der Waals surface area contributed by atoms with Gasteiger partial charge in [0.2, 0.25) is 0 Å². The van der Waals surface area contributed by atoms with Crippen LogP contribution in [0.5, 0.6) is 5.75 Å². The quantitative estimate of drug-likeness (QED) is 0.287. The molecule has 2 unspecified atom stereocenters. The molecule has 2 aromatic heterocycles. The van der Waals surface area contributed by atoms with Crippen molar-refractivity contribution in [1.29, 1.82) is 0 Å². The molecule has 2 atom stereocenters. The summed E-state index contributed by atoms with van der Waals surface area (Å²) >= 11 is 12.1. The third-order valence-electron chi connectivity index (χ3n) is 6.35. The fraction of sp³-hybridized carbons (Fsp3) is 0.304. The third kappa shape index (κ3) is 4.59. The van der Waals surface area contributed by atoms with Crippen LogP contribution >= 0.6 is 23.2 Å². The Labute approximate surface area is 210 Å². The van der Waals surface area contributed by atoms with Gasteiger partial charge in [-0.3, -0.25) is 9.89 Å². The van der Waals surface area contributed by atoms with Crippen LogP contribution in [-0.2, 0) is 0 Å². The fourth-order valence-corrected chi connectivity index (χ4v) is 4.87. The first-order valence-electron chi connectivity index (χ1n) is 11.2. The third-order valence-corrected chi connectivity index (χ3v) is 7.09. The number of hydrogen-bond acceptors (Lipinski definition) is 7. The van der Waals surface area contributed by atoms with Gasteiger partial charge in [0.15, 0.2) is 11.5 Å². The van der Waals surface area contributed by atoms with Crippen molar-refractivity contribution in [1.82, 2.24) is 30.4 Å². The number of para-hydroxylation sites is 1. The van der Waals surface area contributed by atoms with Crippen LogP contribution in [0.4, 0.5) is 11.4 Å². The predicted molar refractivity (Wildman–Crippen MR) is 132 cm³/mol. The number of tetrazole rings is 1. The van der Waals surface area contributed by atoms with Crippen LogP contribution in [-0.4, -0.2) is 35.5 Å². The molecule has 35 heavy (non-hydrogen) atoms. The molecule has 1 aliphatic carbocycles. The number of aromatic hydroxyl groups is 1. The maximum Gasteiger partial charge on any atom is 0.299 e. The molecule has 3 N–H and O–H groups in total. The number of benzene rings is 2. The van der Waals surface area contributed by atoms with Gasteiger partial charge in [-0.05, 0) is 61.9 Å². The van der Waals surface area contributed by atoms with Gasteiger partial charge in [0, 0.05) is 5.92 Å². The van der Waals surface area contributed by atoms with Crippen LogP contribution < -0.4 is 5.56 Å². The zero-order chi connectivity index (χ0) is 24.5. The number of halogens is 2. The van der Waals surface area contributed by atoms with Crippen molar-refractivity contribution in [3.63, 3.8) is 0 Å². The number of phenols is 1. The van der Waals surface area contributed by atoms with E-state index in [4.69, 9.17) is 23.2 Å². The zero-order valence-corrected chi connectivity index (χ0v) is 20.3. The van der Waals surface area contributed by atoms with Crippen molar-refractivity contribution in [3.05, 3.63) is 73.9 Å². The van der Waals surface area contributed by atoms with Gasteiger partial charge in [0.05, 0.1) is 21.4 Å². The summed E-state index contributed by atoms with van der Waals surface area (Å²) in [5.74, 6) is 1.07. The fourth-order valence-electron chi connectivity index (χ4n) is 4.57. The molecule has 0 bridgehead atoms. The van der Waals surface area contributed by atoms with Crippen LogP contribution in [0.15, 0.2) is 51.4 Å². The van der Waals surface area contributed by atoms with Crippen LogP contribution in [0.1, 0.15) is 54.6 Å². The lowest BCUT2D eigenvalue weighted by Gasteiger charge is -2.28. The number of nitrogens with one attached hydrogen (secondary N) is 2. The highest BCUT2D eigenvalue weighted by atomic mass is 35.5. The standard InChI is InChI=1S/C23H22Cl2N8O2/c1-12-20(23(35)33(30-12)15-8-9-17(24)18(25)11-15)27-26-19-7-3-6-16(21(19)34)13-4-2-5-14(10-13)22-28-31-32-29-22/h3,6-9,11,13-14,30,34H,2,4-5,10H2,1H3,(H,28,29,31,32). The smallest absolute Gasteiger partial charge is 0.299 e. The highest BCUT2D eigenvalue weighted by Gasteiger charge is 2.29. The molecule has 2 heterocycles. The normalized spacial score (nSPS) is 18.4. The Kier molecular flexibility index (Phi) is 6.40. The highest BCUT2D eigenvalue weighted by molar-refractivity contribution is 6.42. The van der Waals surface area contributed by atoms with Crippen molar-refractivity contribution in [2.24, 2.45) is 10.2 Å². The molecule has 4 aromatic rings. The Balaban J connectivity index is 1.41. The molecule has 1 aliphatic rings. The summed E-state index contributed by atoms with van der Waals surface area (Å²) in [5, 5.41) is 37.5. The van der Waals surface area contributed by atoms with Gasteiger partial charge < -0.3 is 5.11 Å². The molecule has 0 aliphatic heterocycles. The minimum absolute atomic E-state index is 0.0630. The molecule has 1 saturated carbocycles. The number of aromatic nitrogens is 6. The number of aromatic amines is 2. The van der Waals surface area contributed by atoms with E-state index in [-0.39, 0.29) is 23.3 Å². The van der Waals surface area contributed by atoms with E-state index in [0.717, 1.165) is 31.2 Å². The Morgan fingerprint density at radius 3 is 2.71 bits per heavy atom. The van der Waals surface area contributed by atoms with E-state index in [1.165, 1.54) is 4.68 Å². The molecule has 180 valence electrons. The second-order valence-electron chi connectivity index (χ2n) is 8.57. The maximum absolute atomic E-state index is 13.0. The number of phenolic OH excluding ortho intramolecular Hbond substituents is 1. The summed E-state index contributed by atoms with van der Waals surface area (Å²) in [6.45, 7) is 1.72. The van der Waals surface area contributed by atoms with E-state index in [1.807, 2.05) is 12.1 Å². The summed E-state index contributed by atoms with van der Waals surface area (Å²) in [6.07, 6.45) is 3.71. The van der Waals surface area contributed by atoms with E-state index in [1.54, 1.807) is 31.2 Å². The van der Waals surface area contributed by atoms with E-state index < -0.39 is 5.56 Å². The Morgan fingerprint density at radius 1 is 1.11 bits per heavy atom. The first-order chi connectivity index (χ1) is 16.9. The molecule has 0 radical (unpaired) electrons. The van der Waals surface area contributed by atoms with Crippen molar-refractivity contribution >= 4 is 34.6 Å². The first kappa shape index (κ1) is 23.3. The molecular weight excluding hydrogens is 491 g/mol. The second-order valence-corrected chi connectivity index (χ2v) is 9.38. The zero-order valence-electron chi connectivity index (χ0n) is 18.7. The maximum atomic E-state index is 13.0. The van der Waals surface area contributed by atoms with Crippen molar-refractivity contribution < 1.29 is 5.11 Å². The number of nitrogens with zero attached hydrogens (tertiary/aromatic N) is 6. The number of rotatable bonds is 5. The number of H-pyrrole nitrogens is 2. The molecule has 12 heteroatoms. The number of hydrogen-bond donors (Lipinski definition) is 3. The lowest BCUT2D eigenvalue weighted by molar-refractivity contribution is 0.370. The molecule has 0 saturated heterocycles. The average molecular weight is 513 g/mol. The summed E-state index contributed by atoms with van der Waals surface area (Å²) in [7, 11) is 0. The van der Waals surface area contributed by atoms with Gasteiger partial charge in [0.25, 0.3) is 5.56 Å². The largest absolute Gasteiger partial charge is 0.505 e. The van der Waals surface area contributed by atoms with Crippen molar-refractivity contribution in [3.8, 4) is 11.4 Å². The Hall–Kier alpha value is -3.50. The van der Waals surface area contributed by atoms with Crippen LogP contribution in [0.2, 0.25) is 10.0 Å². The number of azo groups is 1. The lowest BCUT2D eigenvalue weighted by atomic mass is 9.77. The van der Waals surface area contributed by atoms with Crippen molar-refractivity contribution in [2.75, 3.05) is 0 Å². The molecular formula is C23H22Cl2N8O2. The van der Waals surface area contributed by atoms with Crippen LogP contribution in [0.25, 0.3) is 5.69 Å². The molecule has 10 nitrogen and oxygen atoms in total. The van der Waals surface area contributed by atoms with Gasteiger partial charge in [-0.2, -0.15) is 5.21 Å². The van der Waals surface area contributed by atoms with Crippen LogP contribution in [0.3, 0.4) is 0 Å². The van der Waals surface area contributed by atoms with Gasteiger partial charge in [-0.1, -0.05) is 47.0 Å². The summed E-state index contributed by atoms with van der Waals surface area (Å²) in [5.41, 5.74) is 1.88. The summed E-state index contributed by atoms with van der Waals surface area (Å²) < 4.78 is 1.32. The average Bonchev–Trinajstić information content (AvgIpc) is 3.49. The van der Waals surface area contributed by atoms with Gasteiger partial charge >= 0.3 is 0 Å². The van der Waals surface area contributed by atoms with E-state index in [0.29, 0.717) is 32.9 Å². The lowest BCUT2D eigenvalue weighted by Crippen LogP contribution is -2.14. The topological polar surface area (TPSA) is 137 Å². The highest BCUT2D eigenvalue weighted by Crippen LogP contribution is 2.45. The minimum atomic E-state index is -0.393. The Bertz CT molecular complexity index is 1440. The van der Waals surface area contributed by atoms with Gasteiger partial charge in [-0.15, -0.1) is 20.4 Å². The second kappa shape index (κ2) is 9.63. The molecule has 0 spiro atoms. The first-order valence-corrected chi connectivity index (χ1v) is 11.9. The molecule has 2 aromatic carbocycles. The SMILES string of the molecule is Cc1[nH]n(-c2ccc(Cl)c(Cl)c2)c(=O)c1N=Nc1cccc(C2CCCC(c3nn[nH]n3)C2)c1O. The number of aryl methyl sites for hydroxylation is 1. The van der Waals surface area contributed by atoms with E-state index in [2.05, 4.69) is 36.0 Å².